The molecule has 0 bridgehead atoms. The van der Waals surface area contributed by atoms with E-state index in [4.69, 9.17) is 5.11 Å². The summed E-state index contributed by atoms with van der Waals surface area (Å²) in [5.74, 6) is -0.973. The van der Waals surface area contributed by atoms with Gasteiger partial charge in [0, 0.05) is 17.3 Å². The summed E-state index contributed by atoms with van der Waals surface area (Å²) in [6.07, 6.45) is 4.79. The molecule has 0 fully saturated rings. The fraction of sp³-hybridized carbons (Fsp3) is 0.0769. The molecule has 0 aliphatic carbocycles. The molecule has 0 atom stereocenters. The van der Waals surface area contributed by atoms with Crippen LogP contribution in [-0.4, -0.2) is 22.3 Å². The third-order valence-corrected chi connectivity index (χ3v) is 2.42. The SMILES string of the molecule is O=CCC=Cc1ccc2cc(C(=O)O)[nH]c2c1. The van der Waals surface area contributed by atoms with Gasteiger partial charge < -0.3 is 14.9 Å². The minimum Gasteiger partial charge on any atom is -0.477 e. The zero-order valence-electron chi connectivity index (χ0n) is 9.01. The van der Waals surface area contributed by atoms with Crippen molar-refractivity contribution >= 4 is 29.2 Å². The number of allylic oxidation sites excluding steroid dienone is 1. The van der Waals surface area contributed by atoms with Gasteiger partial charge in [-0.1, -0.05) is 24.3 Å². The minimum absolute atomic E-state index is 0.175. The van der Waals surface area contributed by atoms with E-state index in [-0.39, 0.29) is 5.69 Å². The lowest BCUT2D eigenvalue weighted by Crippen LogP contribution is -1.94. The maximum Gasteiger partial charge on any atom is 0.352 e. The van der Waals surface area contributed by atoms with Crippen molar-refractivity contribution in [2.75, 3.05) is 0 Å². The summed E-state index contributed by atoms with van der Waals surface area (Å²) in [7, 11) is 0. The number of carboxylic acids is 1. The third-order valence-electron chi connectivity index (χ3n) is 2.42. The van der Waals surface area contributed by atoms with Crippen LogP contribution in [0.5, 0.6) is 0 Å². The van der Waals surface area contributed by atoms with Gasteiger partial charge in [-0.3, -0.25) is 0 Å². The zero-order valence-corrected chi connectivity index (χ0v) is 9.01. The average Bonchev–Trinajstić information content (AvgIpc) is 2.72. The van der Waals surface area contributed by atoms with Crippen LogP contribution in [0.15, 0.2) is 30.3 Å². The number of carbonyl (C=O) groups is 2. The van der Waals surface area contributed by atoms with E-state index >= 15 is 0 Å². The molecule has 0 amide bonds. The Labute approximate surface area is 97.6 Å². The van der Waals surface area contributed by atoms with Crippen molar-refractivity contribution in [2.24, 2.45) is 0 Å². The molecule has 1 aromatic carbocycles. The summed E-state index contributed by atoms with van der Waals surface area (Å²) in [4.78, 5) is 23.8. The Morgan fingerprint density at radius 2 is 2.18 bits per heavy atom. The van der Waals surface area contributed by atoms with Crippen LogP contribution in [0.25, 0.3) is 17.0 Å². The molecule has 2 aromatic rings. The number of hydrogen-bond acceptors (Lipinski definition) is 2. The summed E-state index contributed by atoms with van der Waals surface area (Å²) in [6.45, 7) is 0. The number of aromatic amines is 1. The van der Waals surface area contributed by atoms with E-state index in [2.05, 4.69) is 4.98 Å². The van der Waals surface area contributed by atoms with E-state index < -0.39 is 5.97 Å². The number of rotatable bonds is 4. The Hall–Kier alpha value is -2.36. The standard InChI is InChI=1S/C13H11NO3/c15-6-2-1-3-9-4-5-10-8-12(13(16)17)14-11(10)7-9/h1,3-8,14H,2H2,(H,16,17). The van der Waals surface area contributed by atoms with E-state index in [1.54, 1.807) is 12.1 Å². The first-order chi connectivity index (χ1) is 8.20. The monoisotopic (exact) mass is 229 g/mol. The topological polar surface area (TPSA) is 70.2 Å². The molecule has 2 N–H and O–H groups in total. The summed E-state index contributed by atoms with van der Waals surface area (Å²) < 4.78 is 0. The second kappa shape index (κ2) is 4.65. The highest BCUT2D eigenvalue weighted by molar-refractivity contribution is 5.94. The summed E-state index contributed by atoms with van der Waals surface area (Å²) in [5, 5.41) is 9.70. The first-order valence-electron chi connectivity index (χ1n) is 5.17. The average molecular weight is 229 g/mol. The quantitative estimate of drug-likeness (QED) is 0.791. The molecule has 17 heavy (non-hydrogen) atoms. The maximum atomic E-state index is 10.8. The summed E-state index contributed by atoms with van der Waals surface area (Å²) >= 11 is 0. The molecule has 2 rings (SSSR count). The number of aromatic nitrogens is 1. The smallest absolute Gasteiger partial charge is 0.352 e. The van der Waals surface area contributed by atoms with Crippen molar-refractivity contribution in [1.29, 1.82) is 0 Å². The van der Waals surface area contributed by atoms with Gasteiger partial charge in [0.05, 0.1) is 0 Å². The summed E-state index contributed by atoms with van der Waals surface area (Å²) in [6, 6.07) is 7.17. The molecule has 1 heterocycles. The number of fused-ring (bicyclic) bond motifs is 1. The molecule has 4 heteroatoms. The highest BCUT2D eigenvalue weighted by atomic mass is 16.4. The van der Waals surface area contributed by atoms with Crippen molar-refractivity contribution in [2.45, 2.75) is 6.42 Å². The van der Waals surface area contributed by atoms with Gasteiger partial charge in [-0.25, -0.2) is 4.79 Å². The number of hydrogen-bond donors (Lipinski definition) is 2. The fourth-order valence-corrected chi connectivity index (χ4v) is 1.62. The van der Waals surface area contributed by atoms with Crippen LogP contribution in [0.1, 0.15) is 22.5 Å². The maximum absolute atomic E-state index is 10.8. The Morgan fingerprint density at radius 1 is 1.35 bits per heavy atom. The Balaban J connectivity index is 2.36. The lowest BCUT2D eigenvalue weighted by atomic mass is 10.1. The van der Waals surface area contributed by atoms with Gasteiger partial charge >= 0.3 is 5.97 Å². The minimum atomic E-state index is -0.973. The highest BCUT2D eigenvalue weighted by Gasteiger charge is 2.06. The number of benzene rings is 1. The van der Waals surface area contributed by atoms with Gasteiger partial charge in [0.25, 0.3) is 0 Å². The van der Waals surface area contributed by atoms with Gasteiger partial charge in [-0.05, 0) is 17.7 Å². The highest BCUT2D eigenvalue weighted by Crippen LogP contribution is 2.18. The first kappa shape index (κ1) is 11.1. The first-order valence-corrected chi connectivity index (χ1v) is 5.17. The van der Waals surface area contributed by atoms with E-state index in [9.17, 15) is 9.59 Å². The van der Waals surface area contributed by atoms with Crippen molar-refractivity contribution in [1.82, 2.24) is 4.98 Å². The van der Waals surface area contributed by atoms with Crippen molar-refractivity contribution in [3.63, 3.8) is 0 Å². The number of H-pyrrole nitrogens is 1. The molecule has 4 nitrogen and oxygen atoms in total. The van der Waals surface area contributed by atoms with Crippen LogP contribution in [-0.2, 0) is 4.79 Å². The molecule has 0 saturated carbocycles. The number of aromatic carboxylic acids is 1. The van der Waals surface area contributed by atoms with Gasteiger partial charge in [-0.15, -0.1) is 0 Å². The largest absolute Gasteiger partial charge is 0.477 e. The predicted molar refractivity (Wildman–Crippen MR) is 65.0 cm³/mol. The van der Waals surface area contributed by atoms with Crippen molar-refractivity contribution in [3.8, 4) is 0 Å². The lowest BCUT2D eigenvalue weighted by molar-refractivity contribution is -0.107. The Kier molecular flexibility index (Phi) is 3.05. The molecule has 86 valence electrons. The van der Waals surface area contributed by atoms with Crippen LogP contribution < -0.4 is 0 Å². The summed E-state index contributed by atoms with van der Waals surface area (Å²) in [5.41, 5.74) is 1.88. The third kappa shape index (κ3) is 2.42. The van der Waals surface area contributed by atoms with Gasteiger partial charge in [0.2, 0.25) is 0 Å². The predicted octanol–water partition coefficient (Wildman–Crippen LogP) is 2.47. The zero-order chi connectivity index (χ0) is 12.3. The van der Waals surface area contributed by atoms with Crippen LogP contribution >= 0.6 is 0 Å². The van der Waals surface area contributed by atoms with Crippen molar-refractivity contribution in [3.05, 3.63) is 41.6 Å². The number of aldehydes is 1. The van der Waals surface area contributed by atoms with Gasteiger partial charge in [-0.2, -0.15) is 0 Å². The van der Waals surface area contributed by atoms with E-state index in [1.165, 1.54) is 0 Å². The molecule has 0 aliphatic heterocycles. The molecule has 1 aromatic heterocycles. The van der Waals surface area contributed by atoms with E-state index in [0.29, 0.717) is 6.42 Å². The van der Waals surface area contributed by atoms with Gasteiger partial charge in [0.1, 0.15) is 12.0 Å². The molecule has 0 radical (unpaired) electrons. The van der Waals surface area contributed by atoms with Crippen LogP contribution in [0, 0.1) is 0 Å². The van der Waals surface area contributed by atoms with Crippen molar-refractivity contribution < 1.29 is 14.7 Å². The van der Waals surface area contributed by atoms with Crippen LogP contribution in [0.3, 0.4) is 0 Å². The molecular weight excluding hydrogens is 218 g/mol. The molecular formula is C13H11NO3. The van der Waals surface area contributed by atoms with Gasteiger partial charge in [0.15, 0.2) is 0 Å². The Morgan fingerprint density at radius 3 is 2.88 bits per heavy atom. The molecule has 0 aliphatic rings. The lowest BCUT2D eigenvalue weighted by Gasteiger charge is -1.93. The molecule has 0 saturated heterocycles. The van der Waals surface area contributed by atoms with E-state index in [1.807, 2.05) is 24.3 Å². The fourth-order valence-electron chi connectivity index (χ4n) is 1.62. The second-order valence-electron chi connectivity index (χ2n) is 3.64. The Bertz CT molecular complexity index is 596. The number of nitrogens with one attached hydrogen (secondary N) is 1. The molecule has 0 unspecified atom stereocenters. The second-order valence-corrected chi connectivity index (χ2v) is 3.64. The normalized spacial score (nSPS) is 11.1. The molecule has 0 spiro atoms. The number of carbonyl (C=O) groups excluding carboxylic acids is 1. The van der Waals surface area contributed by atoms with Crippen LogP contribution in [0.2, 0.25) is 0 Å². The van der Waals surface area contributed by atoms with E-state index in [0.717, 1.165) is 22.8 Å². The number of carboxylic acid groups (broad SMARTS) is 1. The van der Waals surface area contributed by atoms with Crippen LogP contribution in [0.4, 0.5) is 0 Å².